The summed E-state index contributed by atoms with van der Waals surface area (Å²) in [5, 5.41) is 14.3. The lowest BCUT2D eigenvalue weighted by molar-refractivity contribution is 0.0693. The molecule has 28 heavy (non-hydrogen) atoms. The summed E-state index contributed by atoms with van der Waals surface area (Å²) in [7, 11) is 0. The van der Waals surface area contributed by atoms with Gasteiger partial charge in [-0.3, -0.25) is 5.32 Å². The molecule has 0 unspecified atom stereocenters. The van der Waals surface area contributed by atoms with Gasteiger partial charge in [0.15, 0.2) is 17.2 Å². The molecule has 0 atom stereocenters. The van der Waals surface area contributed by atoms with Gasteiger partial charge in [0, 0.05) is 6.54 Å². The number of rotatable bonds is 7. The summed E-state index contributed by atoms with van der Waals surface area (Å²) in [5.74, 6) is -5.10. The van der Waals surface area contributed by atoms with Crippen molar-refractivity contribution in [1.29, 1.82) is 0 Å². The maximum Gasteiger partial charge on any atom is 0.344 e. The molecule has 1 aromatic heterocycles. The van der Waals surface area contributed by atoms with Gasteiger partial charge in [-0.05, 0) is 48.8 Å². The summed E-state index contributed by atoms with van der Waals surface area (Å²) in [6.07, 6.45) is 2.07. The highest BCUT2D eigenvalue weighted by Crippen LogP contribution is 2.32. The summed E-state index contributed by atoms with van der Waals surface area (Å²) >= 11 is 0.642. The lowest BCUT2D eigenvalue weighted by Crippen LogP contribution is -2.30. The van der Waals surface area contributed by atoms with Gasteiger partial charge in [-0.15, -0.1) is 0 Å². The zero-order valence-electron chi connectivity index (χ0n) is 14.6. The Labute approximate surface area is 161 Å². The average Bonchev–Trinajstić information content (AvgIpc) is 3.38. The van der Waals surface area contributed by atoms with Crippen LogP contribution < -0.4 is 15.4 Å². The number of hydrogen-bond donors (Lipinski definition) is 3. The largest absolute Gasteiger partial charge is 0.477 e. The number of carboxylic acid groups (broad SMARTS) is 1. The van der Waals surface area contributed by atoms with Crippen molar-refractivity contribution < 1.29 is 32.6 Å². The van der Waals surface area contributed by atoms with Gasteiger partial charge < -0.3 is 15.2 Å². The monoisotopic (exact) mass is 415 g/mol. The fraction of sp³-hybridized carbons (Fsp3) is 0.353. The second-order valence-electron chi connectivity index (χ2n) is 6.35. The van der Waals surface area contributed by atoms with E-state index in [2.05, 4.69) is 15.0 Å². The fourth-order valence-electron chi connectivity index (χ4n) is 2.38. The number of aryl methyl sites for hydroxylation is 1. The van der Waals surface area contributed by atoms with E-state index in [1.165, 1.54) is 6.92 Å². The summed E-state index contributed by atoms with van der Waals surface area (Å²) < 4.78 is 50.3. The number of anilines is 1. The minimum atomic E-state index is -1.45. The van der Waals surface area contributed by atoms with E-state index in [0.717, 1.165) is 18.9 Å². The standard InChI is InChI=1S/C17H16F3N3O4S/c1-7-4-10(18)9(13(20)12(7)19)6-27-14-11(16(24)25)15(28-23-14)22-17(26)21-5-8-2-3-8/h4,8H,2-3,5-6H2,1H3,(H,24,25)(H2,21,22,26). The molecule has 1 saturated carbocycles. The smallest absolute Gasteiger partial charge is 0.344 e. The van der Waals surface area contributed by atoms with Crippen LogP contribution in [-0.2, 0) is 6.61 Å². The Morgan fingerprint density at radius 2 is 2.04 bits per heavy atom. The predicted molar refractivity (Wildman–Crippen MR) is 94.2 cm³/mol. The number of carbonyl (C=O) groups excluding carboxylic acids is 1. The Morgan fingerprint density at radius 3 is 2.68 bits per heavy atom. The minimum absolute atomic E-state index is 0.0909. The quantitative estimate of drug-likeness (QED) is 0.599. The van der Waals surface area contributed by atoms with Gasteiger partial charge >= 0.3 is 12.0 Å². The molecule has 0 radical (unpaired) electrons. The average molecular weight is 415 g/mol. The number of carbonyl (C=O) groups is 2. The van der Waals surface area contributed by atoms with E-state index in [1.54, 1.807) is 0 Å². The van der Waals surface area contributed by atoms with Crippen LogP contribution in [0.5, 0.6) is 5.88 Å². The Hall–Kier alpha value is -2.82. The van der Waals surface area contributed by atoms with Crippen LogP contribution in [0.4, 0.5) is 23.0 Å². The Bertz CT molecular complexity index is 931. The predicted octanol–water partition coefficient (Wildman–Crippen LogP) is 3.68. The molecular weight excluding hydrogens is 399 g/mol. The highest BCUT2D eigenvalue weighted by atomic mass is 32.1. The number of urea groups is 1. The maximum atomic E-state index is 13.9. The topological polar surface area (TPSA) is 101 Å². The van der Waals surface area contributed by atoms with Gasteiger partial charge in [0.05, 0.1) is 5.56 Å². The first-order valence-electron chi connectivity index (χ1n) is 8.31. The summed E-state index contributed by atoms with van der Waals surface area (Å²) in [4.78, 5) is 23.4. The number of nitrogens with zero attached hydrogens (tertiary/aromatic N) is 1. The van der Waals surface area contributed by atoms with Crippen molar-refractivity contribution in [2.45, 2.75) is 26.4 Å². The molecule has 0 aliphatic heterocycles. The maximum absolute atomic E-state index is 13.9. The summed E-state index contributed by atoms with van der Waals surface area (Å²) in [6, 6.07) is 0.218. The fourth-order valence-corrected chi connectivity index (χ4v) is 3.10. The minimum Gasteiger partial charge on any atom is -0.477 e. The number of aromatic nitrogens is 1. The molecule has 1 fully saturated rings. The van der Waals surface area contributed by atoms with Gasteiger partial charge in [0.25, 0.3) is 0 Å². The van der Waals surface area contributed by atoms with Crippen LogP contribution in [-0.4, -0.2) is 28.0 Å². The zero-order chi connectivity index (χ0) is 20.4. The molecule has 11 heteroatoms. The van der Waals surface area contributed by atoms with Crippen molar-refractivity contribution in [2.75, 3.05) is 11.9 Å². The molecule has 150 valence electrons. The number of halogens is 3. The Balaban J connectivity index is 1.74. The third-order valence-corrected chi connectivity index (χ3v) is 4.88. The highest BCUT2D eigenvalue weighted by molar-refractivity contribution is 7.11. The molecule has 2 aromatic rings. The van der Waals surface area contributed by atoms with E-state index < -0.39 is 53.1 Å². The van der Waals surface area contributed by atoms with Gasteiger partial charge in [0.2, 0.25) is 5.88 Å². The van der Waals surface area contributed by atoms with Crippen LogP contribution in [0, 0.1) is 30.3 Å². The number of hydrogen-bond acceptors (Lipinski definition) is 5. The van der Waals surface area contributed by atoms with Gasteiger partial charge in [-0.25, -0.2) is 22.8 Å². The van der Waals surface area contributed by atoms with E-state index in [0.29, 0.717) is 24.0 Å². The molecule has 0 bridgehead atoms. The number of ether oxygens (including phenoxy) is 1. The molecule has 1 aliphatic carbocycles. The van der Waals surface area contributed by atoms with Crippen LogP contribution in [0.25, 0.3) is 0 Å². The molecule has 1 aromatic carbocycles. The van der Waals surface area contributed by atoms with Crippen molar-refractivity contribution in [2.24, 2.45) is 5.92 Å². The van der Waals surface area contributed by atoms with Crippen molar-refractivity contribution >= 4 is 28.5 Å². The van der Waals surface area contributed by atoms with E-state index in [1.807, 2.05) is 0 Å². The molecular formula is C17H16F3N3O4S. The van der Waals surface area contributed by atoms with E-state index in [9.17, 15) is 27.9 Å². The molecule has 1 heterocycles. The number of amides is 2. The second kappa shape index (κ2) is 8.05. The first-order valence-corrected chi connectivity index (χ1v) is 9.08. The van der Waals surface area contributed by atoms with Crippen LogP contribution in [0.3, 0.4) is 0 Å². The zero-order valence-corrected chi connectivity index (χ0v) is 15.5. The first-order chi connectivity index (χ1) is 13.3. The molecule has 7 nitrogen and oxygen atoms in total. The Kier molecular flexibility index (Phi) is 5.73. The SMILES string of the molecule is Cc1cc(F)c(COc2nsc(NC(=O)NCC3CC3)c2C(=O)O)c(F)c1F. The van der Waals surface area contributed by atoms with Crippen LogP contribution >= 0.6 is 11.5 Å². The third kappa shape index (κ3) is 4.35. The third-order valence-electron chi connectivity index (χ3n) is 4.14. The van der Waals surface area contributed by atoms with Crippen molar-refractivity contribution in [1.82, 2.24) is 9.69 Å². The van der Waals surface area contributed by atoms with Crippen molar-refractivity contribution in [3.05, 3.63) is 40.2 Å². The number of nitrogens with one attached hydrogen (secondary N) is 2. The number of carboxylic acids is 1. The van der Waals surface area contributed by atoms with Crippen molar-refractivity contribution in [3.8, 4) is 5.88 Å². The van der Waals surface area contributed by atoms with Gasteiger partial charge in [-0.1, -0.05) is 0 Å². The summed E-state index contributed by atoms with van der Waals surface area (Å²) in [5.41, 5.74) is -1.36. The van der Waals surface area contributed by atoms with Crippen molar-refractivity contribution in [3.63, 3.8) is 0 Å². The molecule has 2 amide bonds. The molecule has 3 N–H and O–H groups in total. The number of benzene rings is 1. The molecule has 3 rings (SSSR count). The lowest BCUT2D eigenvalue weighted by atomic mass is 10.1. The normalized spacial score (nSPS) is 13.3. The molecule has 1 aliphatic rings. The Morgan fingerprint density at radius 1 is 1.32 bits per heavy atom. The summed E-state index contributed by atoms with van der Waals surface area (Å²) in [6.45, 7) is 0.918. The molecule has 0 saturated heterocycles. The van der Waals surface area contributed by atoms with Crippen LogP contribution in [0.15, 0.2) is 6.07 Å². The van der Waals surface area contributed by atoms with E-state index >= 15 is 0 Å². The first kappa shape index (κ1) is 19.9. The number of aromatic carboxylic acids is 1. The van der Waals surface area contributed by atoms with Crippen LogP contribution in [0.2, 0.25) is 0 Å². The van der Waals surface area contributed by atoms with Crippen LogP contribution in [0.1, 0.15) is 34.3 Å². The van der Waals surface area contributed by atoms with E-state index in [4.69, 9.17) is 4.74 Å². The highest BCUT2D eigenvalue weighted by Gasteiger charge is 2.26. The molecule has 0 spiro atoms. The van der Waals surface area contributed by atoms with Gasteiger partial charge in [-0.2, -0.15) is 4.37 Å². The van der Waals surface area contributed by atoms with Gasteiger partial charge in [0.1, 0.15) is 17.4 Å². The lowest BCUT2D eigenvalue weighted by Gasteiger charge is -2.09. The second-order valence-corrected chi connectivity index (χ2v) is 7.12. The van der Waals surface area contributed by atoms with E-state index in [-0.39, 0.29) is 10.6 Å².